The fourth-order valence-corrected chi connectivity index (χ4v) is 1.70. The minimum atomic E-state index is -0.511. The Hall–Kier alpha value is -2.37. The highest BCUT2D eigenvalue weighted by Gasteiger charge is 2.15. The minimum Gasteiger partial charge on any atom is -0.462 e. The van der Waals surface area contributed by atoms with E-state index in [4.69, 9.17) is 4.74 Å². The van der Waals surface area contributed by atoms with Crippen LogP contribution in [-0.2, 0) is 14.3 Å². The molecular weight excluding hydrogens is 284 g/mol. The first-order valence-electron chi connectivity index (χ1n) is 7.26. The molecule has 120 valence electrons. The molecule has 0 bridgehead atoms. The molecule has 22 heavy (non-hydrogen) atoms. The van der Waals surface area contributed by atoms with Gasteiger partial charge in [-0.05, 0) is 25.0 Å². The van der Waals surface area contributed by atoms with Crippen LogP contribution in [0.2, 0.25) is 0 Å². The van der Waals surface area contributed by atoms with Gasteiger partial charge >= 0.3 is 5.97 Å². The summed E-state index contributed by atoms with van der Waals surface area (Å²) < 4.78 is 4.93. The van der Waals surface area contributed by atoms with Crippen LogP contribution in [0.1, 0.15) is 37.6 Å². The number of esters is 1. The van der Waals surface area contributed by atoms with Crippen molar-refractivity contribution in [3.8, 4) is 0 Å². The number of hydrogen-bond donors (Lipinski definition) is 2. The number of anilines is 1. The van der Waals surface area contributed by atoms with Crippen molar-refractivity contribution in [2.45, 2.75) is 27.2 Å². The summed E-state index contributed by atoms with van der Waals surface area (Å²) in [5.41, 5.74) is 0.600. The summed E-state index contributed by atoms with van der Waals surface area (Å²) in [6, 6.07) is 6.52. The van der Waals surface area contributed by atoms with E-state index in [0.29, 0.717) is 18.2 Å². The number of rotatable bonds is 7. The Balaban J connectivity index is 2.65. The Morgan fingerprint density at radius 2 is 1.82 bits per heavy atom. The molecule has 0 atom stereocenters. The summed E-state index contributed by atoms with van der Waals surface area (Å²) in [5.74, 6) is -1.02. The normalized spacial score (nSPS) is 10.2. The fraction of sp³-hybridized carbons (Fsp3) is 0.438. The molecule has 0 aromatic heterocycles. The first-order chi connectivity index (χ1) is 10.4. The second-order valence-corrected chi connectivity index (χ2v) is 5.19. The largest absolute Gasteiger partial charge is 0.462 e. The van der Waals surface area contributed by atoms with Gasteiger partial charge in [0.05, 0.1) is 17.9 Å². The number of hydrogen-bond acceptors (Lipinski definition) is 4. The van der Waals surface area contributed by atoms with Gasteiger partial charge in [-0.1, -0.05) is 26.0 Å². The van der Waals surface area contributed by atoms with Gasteiger partial charge in [0, 0.05) is 6.54 Å². The third-order valence-corrected chi connectivity index (χ3v) is 2.73. The van der Waals surface area contributed by atoms with E-state index in [-0.39, 0.29) is 24.5 Å². The van der Waals surface area contributed by atoms with E-state index in [9.17, 15) is 14.4 Å². The predicted octanol–water partition coefficient (Wildman–Crippen LogP) is 1.96. The van der Waals surface area contributed by atoms with E-state index in [1.165, 1.54) is 0 Å². The molecule has 0 aliphatic heterocycles. The average Bonchev–Trinajstić information content (AvgIpc) is 2.45. The highest BCUT2D eigenvalue weighted by Crippen LogP contribution is 2.16. The van der Waals surface area contributed by atoms with Crippen molar-refractivity contribution in [2.75, 3.05) is 18.5 Å². The molecule has 0 aliphatic carbocycles. The quantitative estimate of drug-likeness (QED) is 0.596. The van der Waals surface area contributed by atoms with Crippen molar-refractivity contribution in [2.24, 2.45) is 5.92 Å². The van der Waals surface area contributed by atoms with Gasteiger partial charge in [-0.25, -0.2) is 4.79 Å². The van der Waals surface area contributed by atoms with Crippen LogP contribution < -0.4 is 10.6 Å². The number of amides is 2. The third-order valence-electron chi connectivity index (χ3n) is 2.73. The van der Waals surface area contributed by atoms with Crippen molar-refractivity contribution >= 4 is 23.5 Å². The number of para-hydroxylation sites is 1. The van der Waals surface area contributed by atoms with Gasteiger partial charge in [0.15, 0.2) is 0 Å². The van der Waals surface area contributed by atoms with Gasteiger partial charge in [0.25, 0.3) is 0 Å². The van der Waals surface area contributed by atoms with Gasteiger partial charge < -0.3 is 15.4 Å². The monoisotopic (exact) mass is 306 g/mol. The first-order valence-corrected chi connectivity index (χ1v) is 7.26. The van der Waals surface area contributed by atoms with Gasteiger partial charge in [-0.15, -0.1) is 0 Å². The topological polar surface area (TPSA) is 84.5 Å². The second-order valence-electron chi connectivity index (χ2n) is 5.19. The lowest BCUT2D eigenvalue weighted by molar-refractivity contribution is -0.126. The number of benzene rings is 1. The summed E-state index contributed by atoms with van der Waals surface area (Å²) in [7, 11) is 0. The fourth-order valence-electron chi connectivity index (χ4n) is 1.70. The van der Waals surface area contributed by atoms with Gasteiger partial charge in [-0.3, -0.25) is 9.59 Å². The maximum absolute atomic E-state index is 11.9. The van der Waals surface area contributed by atoms with Gasteiger partial charge in [0.2, 0.25) is 11.8 Å². The van der Waals surface area contributed by atoms with Crippen LogP contribution in [0.4, 0.5) is 5.69 Å². The molecule has 0 saturated heterocycles. The molecule has 2 N–H and O–H groups in total. The summed E-state index contributed by atoms with van der Waals surface area (Å²) >= 11 is 0. The van der Waals surface area contributed by atoms with Crippen LogP contribution in [0.3, 0.4) is 0 Å². The molecule has 0 heterocycles. The molecule has 1 aromatic rings. The van der Waals surface area contributed by atoms with Crippen LogP contribution in [0.5, 0.6) is 0 Å². The number of nitrogens with one attached hydrogen (secondary N) is 2. The van der Waals surface area contributed by atoms with E-state index in [0.717, 1.165) is 0 Å². The van der Waals surface area contributed by atoms with Crippen molar-refractivity contribution < 1.29 is 19.1 Å². The van der Waals surface area contributed by atoms with Crippen molar-refractivity contribution in [3.05, 3.63) is 29.8 Å². The molecule has 6 nitrogen and oxygen atoms in total. The molecule has 0 radical (unpaired) electrons. The Kier molecular flexibility index (Phi) is 7.08. The lowest BCUT2D eigenvalue weighted by Gasteiger charge is -2.11. The lowest BCUT2D eigenvalue weighted by atomic mass is 10.1. The number of ether oxygens (including phenoxy) is 1. The third kappa shape index (κ3) is 5.95. The predicted molar refractivity (Wildman–Crippen MR) is 83.5 cm³/mol. The summed E-state index contributed by atoms with van der Waals surface area (Å²) in [4.78, 5) is 35.3. The van der Waals surface area contributed by atoms with Crippen LogP contribution in [0.15, 0.2) is 24.3 Å². The van der Waals surface area contributed by atoms with Crippen LogP contribution in [-0.4, -0.2) is 30.9 Å². The highest BCUT2D eigenvalue weighted by molar-refractivity contribution is 6.06. The summed E-state index contributed by atoms with van der Waals surface area (Å²) in [6.07, 6.45) is -0.288. The van der Waals surface area contributed by atoms with Gasteiger partial charge in [0.1, 0.15) is 6.42 Å². The molecule has 0 saturated carbocycles. The molecular formula is C16H22N2O4. The smallest absolute Gasteiger partial charge is 0.340 e. The van der Waals surface area contributed by atoms with Gasteiger partial charge in [-0.2, -0.15) is 0 Å². The Bertz CT molecular complexity index is 541. The zero-order valence-electron chi connectivity index (χ0n) is 13.1. The molecule has 1 rings (SSSR count). The lowest BCUT2D eigenvalue weighted by Crippen LogP contribution is -2.31. The van der Waals surface area contributed by atoms with E-state index in [2.05, 4.69) is 10.6 Å². The zero-order valence-corrected chi connectivity index (χ0v) is 13.1. The van der Waals surface area contributed by atoms with Crippen molar-refractivity contribution in [1.29, 1.82) is 0 Å². The minimum absolute atomic E-state index is 0.249. The van der Waals surface area contributed by atoms with E-state index < -0.39 is 11.9 Å². The molecule has 6 heteroatoms. The SMILES string of the molecule is CCOC(=O)c1ccccc1NC(=O)CC(=O)NCC(C)C. The van der Waals surface area contributed by atoms with Crippen LogP contribution in [0.25, 0.3) is 0 Å². The molecule has 0 unspecified atom stereocenters. The molecule has 0 aliphatic rings. The van der Waals surface area contributed by atoms with Crippen LogP contribution in [0, 0.1) is 5.92 Å². The number of carbonyl (C=O) groups excluding carboxylic acids is 3. The van der Waals surface area contributed by atoms with Crippen molar-refractivity contribution in [1.82, 2.24) is 5.32 Å². The second kappa shape index (κ2) is 8.81. The van der Waals surface area contributed by atoms with Crippen molar-refractivity contribution in [3.63, 3.8) is 0 Å². The standard InChI is InChI=1S/C16H22N2O4/c1-4-22-16(21)12-7-5-6-8-13(12)18-15(20)9-14(19)17-10-11(2)3/h5-8,11H,4,9-10H2,1-3H3,(H,17,19)(H,18,20). The number of carbonyl (C=O) groups is 3. The molecule has 0 fully saturated rings. The van der Waals surface area contributed by atoms with E-state index in [1.54, 1.807) is 31.2 Å². The maximum atomic E-state index is 11.9. The Morgan fingerprint density at radius 3 is 2.45 bits per heavy atom. The molecule has 1 aromatic carbocycles. The Labute approximate surface area is 130 Å². The van der Waals surface area contributed by atoms with E-state index >= 15 is 0 Å². The zero-order chi connectivity index (χ0) is 16.5. The summed E-state index contributed by atoms with van der Waals surface area (Å²) in [5, 5.41) is 5.23. The molecule has 2 amide bonds. The average molecular weight is 306 g/mol. The summed E-state index contributed by atoms with van der Waals surface area (Å²) in [6.45, 7) is 6.41. The highest BCUT2D eigenvalue weighted by atomic mass is 16.5. The first kappa shape index (κ1) is 17.7. The Morgan fingerprint density at radius 1 is 1.14 bits per heavy atom. The molecule has 0 spiro atoms. The maximum Gasteiger partial charge on any atom is 0.340 e. The van der Waals surface area contributed by atoms with E-state index in [1.807, 2.05) is 13.8 Å². The van der Waals surface area contributed by atoms with Crippen LogP contribution >= 0.6 is 0 Å².